The normalized spacial score (nSPS) is 11.8. The van der Waals surface area contributed by atoms with Crippen molar-refractivity contribution in [2.24, 2.45) is 0 Å². The summed E-state index contributed by atoms with van der Waals surface area (Å²) in [5.74, 6) is 0. The maximum atomic E-state index is 4.53. The third-order valence-electron chi connectivity index (χ3n) is 10.4. The van der Waals surface area contributed by atoms with E-state index in [9.17, 15) is 0 Å². The largest absolute Gasteiger partial charge is 0.309 e. The highest BCUT2D eigenvalue weighted by molar-refractivity contribution is 6.20. The van der Waals surface area contributed by atoms with Crippen molar-refractivity contribution in [2.45, 2.75) is 0 Å². The second-order valence-corrected chi connectivity index (χ2v) is 13.2. The van der Waals surface area contributed by atoms with Crippen molar-refractivity contribution in [3.8, 4) is 33.6 Å². The third-order valence-corrected chi connectivity index (χ3v) is 10.4. The molecule has 0 aliphatic rings. The fourth-order valence-corrected chi connectivity index (χ4v) is 8.04. The van der Waals surface area contributed by atoms with Crippen molar-refractivity contribution in [1.29, 1.82) is 0 Å². The van der Waals surface area contributed by atoms with Crippen LogP contribution in [0.5, 0.6) is 0 Å². The van der Waals surface area contributed by atoms with Gasteiger partial charge < -0.3 is 9.13 Å². The van der Waals surface area contributed by atoms with Crippen LogP contribution in [0.3, 0.4) is 0 Å². The van der Waals surface area contributed by atoms with E-state index in [0.29, 0.717) is 0 Å². The van der Waals surface area contributed by atoms with Gasteiger partial charge in [0.15, 0.2) is 11.3 Å². The number of para-hydroxylation sites is 2. The molecule has 6 heterocycles. The molecule has 0 fully saturated rings. The summed E-state index contributed by atoms with van der Waals surface area (Å²) < 4.78 is 4.79. The zero-order valence-corrected chi connectivity index (χ0v) is 27.8. The van der Waals surface area contributed by atoms with Crippen molar-refractivity contribution in [2.75, 3.05) is 0 Å². The first-order valence-corrected chi connectivity index (χ1v) is 17.4. The standard InChI is InChI=1S/C46H28N6/c1-2-8-31(9-3-1)51-41-13-5-4-10-35(41)39-27-40-38-26-30(34-21-25-50-46-37(34)12-7-23-48-46)16-19-42(38)52(44(40)28-43(39)51)32-17-14-29(15-18-32)33-20-24-49-45-36(33)11-6-22-47-45/h1-28H. The highest BCUT2D eigenvalue weighted by Gasteiger charge is 2.20. The molecule has 242 valence electrons. The third kappa shape index (κ3) is 4.25. The molecule has 0 aliphatic carbocycles. The monoisotopic (exact) mass is 664 g/mol. The molecule has 6 aromatic heterocycles. The van der Waals surface area contributed by atoms with Crippen LogP contribution < -0.4 is 0 Å². The number of aromatic nitrogens is 6. The molecule has 52 heavy (non-hydrogen) atoms. The minimum Gasteiger partial charge on any atom is -0.309 e. The Kier molecular flexibility index (Phi) is 6.15. The highest BCUT2D eigenvalue weighted by atomic mass is 15.0. The average molecular weight is 665 g/mol. The van der Waals surface area contributed by atoms with Crippen LogP contribution in [0.25, 0.3) is 99.3 Å². The number of benzene rings is 5. The Morgan fingerprint density at radius 1 is 0.308 bits per heavy atom. The lowest BCUT2D eigenvalue weighted by Crippen LogP contribution is -1.96. The molecule has 0 bridgehead atoms. The minimum absolute atomic E-state index is 0.746. The summed E-state index contributed by atoms with van der Waals surface area (Å²) in [4.78, 5) is 18.0. The molecule has 0 spiro atoms. The van der Waals surface area contributed by atoms with Crippen LogP contribution in [0.4, 0.5) is 0 Å². The van der Waals surface area contributed by atoms with Gasteiger partial charge in [0.05, 0.1) is 22.1 Å². The van der Waals surface area contributed by atoms with Crippen molar-refractivity contribution in [3.05, 3.63) is 170 Å². The number of hydrogen-bond acceptors (Lipinski definition) is 4. The first-order chi connectivity index (χ1) is 25.8. The van der Waals surface area contributed by atoms with Gasteiger partial charge >= 0.3 is 0 Å². The fraction of sp³-hybridized carbons (Fsp3) is 0. The summed E-state index contributed by atoms with van der Waals surface area (Å²) in [7, 11) is 0. The first-order valence-electron chi connectivity index (χ1n) is 17.4. The predicted molar refractivity (Wildman–Crippen MR) is 212 cm³/mol. The lowest BCUT2D eigenvalue weighted by atomic mass is 10.00. The molecule has 0 saturated carbocycles. The molecule has 0 aliphatic heterocycles. The Morgan fingerprint density at radius 2 is 0.827 bits per heavy atom. The molecule has 0 unspecified atom stereocenters. The maximum absolute atomic E-state index is 4.53. The van der Waals surface area contributed by atoms with Gasteiger partial charge in [0.2, 0.25) is 0 Å². The van der Waals surface area contributed by atoms with E-state index in [0.717, 1.165) is 66.7 Å². The molecule has 11 aromatic rings. The molecule has 0 N–H and O–H groups in total. The number of nitrogens with zero attached hydrogens (tertiary/aromatic N) is 6. The Labute approximate surface area is 297 Å². The number of hydrogen-bond donors (Lipinski definition) is 0. The van der Waals surface area contributed by atoms with Gasteiger partial charge in [0.1, 0.15) is 0 Å². The molecule has 0 saturated heterocycles. The van der Waals surface area contributed by atoms with E-state index in [1.54, 1.807) is 12.4 Å². The predicted octanol–water partition coefficient (Wildman–Crippen LogP) is 11.1. The molecule has 11 rings (SSSR count). The van der Waals surface area contributed by atoms with Crippen LogP contribution in [0.15, 0.2) is 170 Å². The summed E-state index contributed by atoms with van der Waals surface area (Å²) in [5, 5.41) is 6.92. The maximum Gasteiger partial charge on any atom is 0.159 e. The van der Waals surface area contributed by atoms with Crippen LogP contribution in [0, 0.1) is 0 Å². The average Bonchev–Trinajstić information content (AvgIpc) is 3.71. The molecule has 0 amide bonds. The van der Waals surface area contributed by atoms with E-state index < -0.39 is 0 Å². The van der Waals surface area contributed by atoms with Crippen molar-refractivity contribution in [3.63, 3.8) is 0 Å². The van der Waals surface area contributed by atoms with Gasteiger partial charge in [-0.2, -0.15) is 0 Å². The van der Waals surface area contributed by atoms with E-state index in [4.69, 9.17) is 0 Å². The Hall–Kier alpha value is -7.18. The van der Waals surface area contributed by atoms with Gasteiger partial charge in [0, 0.05) is 68.5 Å². The summed E-state index contributed by atoms with van der Waals surface area (Å²) in [6.07, 6.45) is 7.27. The molecule has 0 radical (unpaired) electrons. The van der Waals surface area contributed by atoms with Crippen LogP contribution >= 0.6 is 0 Å². The van der Waals surface area contributed by atoms with E-state index in [1.165, 1.54) is 32.6 Å². The minimum atomic E-state index is 0.746. The quantitative estimate of drug-likeness (QED) is 0.188. The molecular formula is C46H28N6. The van der Waals surface area contributed by atoms with Crippen molar-refractivity contribution < 1.29 is 0 Å². The zero-order valence-electron chi connectivity index (χ0n) is 27.8. The van der Waals surface area contributed by atoms with E-state index in [2.05, 4.69) is 163 Å². The zero-order chi connectivity index (χ0) is 34.2. The van der Waals surface area contributed by atoms with Gasteiger partial charge in [-0.05, 0) is 113 Å². The van der Waals surface area contributed by atoms with Crippen LogP contribution in [-0.2, 0) is 0 Å². The fourth-order valence-electron chi connectivity index (χ4n) is 8.04. The van der Waals surface area contributed by atoms with Gasteiger partial charge in [-0.1, -0.05) is 54.6 Å². The molecular weight excluding hydrogens is 637 g/mol. The Balaban J connectivity index is 1.20. The van der Waals surface area contributed by atoms with Gasteiger partial charge in [0.25, 0.3) is 0 Å². The summed E-state index contributed by atoms with van der Waals surface area (Å²) in [5.41, 5.74) is 12.9. The van der Waals surface area contributed by atoms with Crippen LogP contribution in [0.1, 0.15) is 0 Å². The summed E-state index contributed by atoms with van der Waals surface area (Å²) >= 11 is 0. The summed E-state index contributed by atoms with van der Waals surface area (Å²) in [6.45, 7) is 0. The number of fused-ring (bicyclic) bond motifs is 8. The SMILES string of the molecule is c1ccc(-n2c3ccccc3c3cc4c5cc(-c6ccnc7ncccc67)ccc5n(-c5ccc(-c6ccnc7ncccc67)cc5)c4cc32)cc1. The lowest BCUT2D eigenvalue weighted by Gasteiger charge is -2.12. The van der Waals surface area contributed by atoms with Gasteiger partial charge in [-0.15, -0.1) is 0 Å². The number of pyridine rings is 4. The first kappa shape index (κ1) is 28.6. The van der Waals surface area contributed by atoms with Gasteiger partial charge in [-0.25, -0.2) is 19.9 Å². The molecule has 6 nitrogen and oxygen atoms in total. The lowest BCUT2D eigenvalue weighted by molar-refractivity contribution is 1.16. The molecule has 0 atom stereocenters. The van der Waals surface area contributed by atoms with E-state index in [-0.39, 0.29) is 0 Å². The topological polar surface area (TPSA) is 61.4 Å². The van der Waals surface area contributed by atoms with E-state index in [1.807, 2.05) is 24.5 Å². The molecule has 5 aromatic carbocycles. The van der Waals surface area contributed by atoms with Crippen molar-refractivity contribution in [1.82, 2.24) is 29.1 Å². The highest BCUT2D eigenvalue weighted by Crippen LogP contribution is 2.41. The Morgan fingerprint density at radius 3 is 1.54 bits per heavy atom. The second kappa shape index (κ2) is 11.2. The van der Waals surface area contributed by atoms with Crippen LogP contribution in [-0.4, -0.2) is 29.1 Å². The second-order valence-electron chi connectivity index (χ2n) is 13.2. The van der Waals surface area contributed by atoms with E-state index >= 15 is 0 Å². The summed E-state index contributed by atoms with van der Waals surface area (Å²) in [6, 6.07) is 52.1. The van der Waals surface area contributed by atoms with Crippen molar-refractivity contribution >= 4 is 65.7 Å². The smallest absolute Gasteiger partial charge is 0.159 e. The molecule has 6 heteroatoms. The van der Waals surface area contributed by atoms with Gasteiger partial charge in [-0.3, -0.25) is 0 Å². The Bertz CT molecular complexity index is 3170. The van der Waals surface area contributed by atoms with Crippen LogP contribution in [0.2, 0.25) is 0 Å². The number of rotatable bonds is 4.